The van der Waals surface area contributed by atoms with Gasteiger partial charge in [0.25, 0.3) is 0 Å². The molecule has 0 fully saturated rings. The van der Waals surface area contributed by atoms with Gasteiger partial charge in [-0.3, -0.25) is 4.79 Å². The Kier molecular flexibility index (Phi) is 3.59. The highest BCUT2D eigenvalue weighted by molar-refractivity contribution is 5.79. The minimum atomic E-state index is -1.21. The van der Waals surface area contributed by atoms with Gasteiger partial charge in [-0.25, -0.2) is 4.98 Å². The van der Waals surface area contributed by atoms with Crippen molar-refractivity contribution >= 4 is 17.0 Å². The molecule has 6 nitrogen and oxygen atoms in total. The monoisotopic (exact) mass is 250 g/mol. The summed E-state index contributed by atoms with van der Waals surface area (Å²) in [6, 6.07) is 3.37. The molecule has 0 bridgehead atoms. The van der Waals surface area contributed by atoms with Crippen LogP contribution in [0.3, 0.4) is 0 Å². The maximum Gasteiger partial charge on any atom is 0.308 e. The summed E-state index contributed by atoms with van der Waals surface area (Å²) in [6.07, 6.45) is 0.595. The highest BCUT2D eigenvalue weighted by Crippen LogP contribution is 2.25. The number of carbonyl (C=O) groups is 1. The van der Waals surface area contributed by atoms with E-state index < -0.39 is 18.2 Å². The molecule has 2 aromatic rings. The third-order valence-electron chi connectivity index (χ3n) is 2.78. The smallest absolute Gasteiger partial charge is 0.308 e. The largest absolute Gasteiger partial charge is 0.469 e. The number of hydrogen-bond donors (Lipinski definition) is 3. The third-order valence-corrected chi connectivity index (χ3v) is 2.78. The zero-order valence-electron chi connectivity index (χ0n) is 9.83. The summed E-state index contributed by atoms with van der Waals surface area (Å²) >= 11 is 0. The van der Waals surface area contributed by atoms with Crippen molar-refractivity contribution in [2.75, 3.05) is 7.11 Å². The first-order valence-electron chi connectivity index (χ1n) is 5.48. The Morgan fingerprint density at radius 3 is 3.00 bits per heavy atom. The quantitative estimate of drug-likeness (QED) is 0.687. The van der Waals surface area contributed by atoms with Crippen LogP contribution >= 0.6 is 0 Å². The zero-order chi connectivity index (χ0) is 13.1. The van der Waals surface area contributed by atoms with Crippen molar-refractivity contribution in [3.05, 3.63) is 30.1 Å². The number of hydrogen-bond acceptors (Lipinski definition) is 5. The van der Waals surface area contributed by atoms with Gasteiger partial charge in [0, 0.05) is 17.8 Å². The number of pyridine rings is 1. The molecule has 0 aliphatic heterocycles. The summed E-state index contributed by atoms with van der Waals surface area (Å²) in [5, 5.41) is 20.6. The normalized spacial score (nSPS) is 14.4. The van der Waals surface area contributed by atoms with Crippen molar-refractivity contribution in [1.82, 2.24) is 9.97 Å². The standard InChI is InChI=1S/C12H14N2O4/c1-18-10(16)6-9(15)11(17)7-2-4-13-12-8(7)3-5-14-12/h2-5,9,11,15,17H,6H2,1H3,(H,13,14). The lowest BCUT2D eigenvalue weighted by atomic mass is 10.0. The second kappa shape index (κ2) is 5.16. The summed E-state index contributed by atoms with van der Waals surface area (Å²) in [5.74, 6) is -0.569. The van der Waals surface area contributed by atoms with Crippen LogP contribution in [0.25, 0.3) is 11.0 Å². The first kappa shape index (κ1) is 12.5. The van der Waals surface area contributed by atoms with E-state index in [9.17, 15) is 15.0 Å². The second-order valence-corrected chi connectivity index (χ2v) is 3.93. The molecule has 96 valence electrons. The number of nitrogens with zero attached hydrogens (tertiary/aromatic N) is 1. The lowest BCUT2D eigenvalue weighted by molar-refractivity contribution is -0.144. The molecule has 2 unspecified atom stereocenters. The van der Waals surface area contributed by atoms with E-state index in [0.717, 1.165) is 0 Å². The minimum Gasteiger partial charge on any atom is -0.469 e. The van der Waals surface area contributed by atoms with Crippen LogP contribution in [0.4, 0.5) is 0 Å². The number of aromatic nitrogens is 2. The van der Waals surface area contributed by atoms with Crippen molar-refractivity contribution in [3.63, 3.8) is 0 Å². The molecular weight excluding hydrogens is 236 g/mol. The Morgan fingerprint density at radius 2 is 2.28 bits per heavy atom. The molecule has 2 atom stereocenters. The number of aliphatic hydroxyl groups excluding tert-OH is 2. The Labute approximate surface area is 103 Å². The molecule has 18 heavy (non-hydrogen) atoms. The van der Waals surface area contributed by atoms with Gasteiger partial charge in [0.15, 0.2) is 0 Å². The molecule has 0 saturated carbocycles. The van der Waals surface area contributed by atoms with Crippen molar-refractivity contribution in [2.45, 2.75) is 18.6 Å². The van der Waals surface area contributed by atoms with Gasteiger partial charge < -0.3 is 19.9 Å². The van der Waals surface area contributed by atoms with E-state index in [1.807, 2.05) is 0 Å². The second-order valence-electron chi connectivity index (χ2n) is 3.93. The number of rotatable bonds is 4. The average molecular weight is 250 g/mol. The number of nitrogens with one attached hydrogen (secondary N) is 1. The van der Waals surface area contributed by atoms with Gasteiger partial charge in [-0.05, 0) is 17.7 Å². The number of methoxy groups -OCH3 is 1. The van der Waals surface area contributed by atoms with Crippen LogP contribution in [-0.2, 0) is 9.53 Å². The molecule has 0 amide bonds. The van der Waals surface area contributed by atoms with Crippen LogP contribution in [0, 0.1) is 0 Å². The Balaban J connectivity index is 2.25. The number of aromatic amines is 1. The zero-order valence-corrected chi connectivity index (χ0v) is 9.83. The molecule has 0 aromatic carbocycles. The fraction of sp³-hybridized carbons (Fsp3) is 0.333. The summed E-state index contributed by atoms with van der Waals surface area (Å²) in [6.45, 7) is 0. The molecular formula is C12H14N2O4. The number of H-pyrrole nitrogens is 1. The van der Waals surface area contributed by atoms with E-state index in [2.05, 4.69) is 14.7 Å². The van der Waals surface area contributed by atoms with Crippen molar-refractivity contribution < 1.29 is 19.7 Å². The molecule has 2 rings (SSSR count). The average Bonchev–Trinajstić information content (AvgIpc) is 2.85. The lowest BCUT2D eigenvalue weighted by Crippen LogP contribution is -2.22. The summed E-state index contributed by atoms with van der Waals surface area (Å²) < 4.78 is 4.45. The number of ether oxygens (including phenoxy) is 1. The van der Waals surface area contributed by atoms with Gasteiger partial charge >= 0.3 is 5.97 Å². The highest BCUT2D eigenvalue weighted by Gasteiger charge is 2.23. The molecule has 0 saturated heterocycles. The molecule has 0 spiro atoms. The molecule has 3 N–H and O–H groups in total. The Morgan fingerprint density at radius 1 is 1.50 bits per heavy atom. The Bertz CT molecular complexity index is 552. The van der Waals surface area contributed by atoms with Crippen molar-refractivity contribution in [1.29, 1.82) is 0 Å². The van der Waals surface area contributed by atoms with Crippen LogP contribution < -0.4 is 0 Å². The van der Waals surface area contributed by atoms with Gasteiger partial charge in [-0.1, -0.05) is 0 Å². The fourth-order valence-corrected chi connectivity index (χ4v) is 1.81. The SMILES string of the molecule is COC(=O)CC(O)C(O)c1ccnc2[nH]ccc12. The maximum absolute atomic E-state index is 11.1. The van der Waals surface area contributed by atoms with E-state index >= 15 is 0 Å². The highest BCUT2D eigenvalue weighted by atomic mass is 16.5. The Hall–Kier alpha value is -1.92. The number of esters is 1. The molecule has 2 aromatic heterocycles. The minimum absolute atomic E-state index is 0.258. The number of carbonyl (C=O) groups excluding carboxylic acids is 1. The molecule has 0 aliphatic rings. The fourth-order valence-electron chi connectivity index (χ4n) is 1.81. The van der Waals surface area contributed by atoms with Crippen molar-refractivity contribution in [3.8, 4) is 0 Å². The van der Waals surface area contributed by atoms with Gasteiger partial charge in [-0.2, -0.15) is 0 Å². The van der Waals surface area contributed by atoms with Gasteiger partial charge in [0.2, 0.25) is 0 Å². The summed E-state index contributed by atoms with van der Waals surface area (Å²) in [7, 11) is 1.23. The van der Waals surface area contributed by atoms with Crippen LogP contribution in [0.1, 0.15) is 18.1 Å². The van der Waals surface area contributed by atoms with E-state index in [0.29, 0.717) is 16.6 Å². The maximum atomic E-state index is 11.1. The summed E-state index contributed by atoms with van der Waals surface area (Å²) in [4.78, 5) is 18.1. The van der Waals surface area contributed by atoms with E-state index in [1.165, 1.54) is 13.3 Å². The molecule has 0 aliphatic carbocycles. The number of fused-ring (bicyclic) bond motifs is 1. The van der Waals surface area contributed by atoms with Gasteiger partial charge in [0.05, 0.1) is 19.6 Å². The van der Waals surface area contributed by atoms with Crippen LogP contribution in [0.2, 0.25) is 0 Å². The van der Waals surface area contributed by atoms with Gasteiger partial charge in [0.1, 0.15) is 11.8 Å². The summed E-state index contributed by atoms with van der Waals surface area (Å²) in [5.41, 5.74) is 1.15. The molecule has 0 radical (unpaired) electrons. The van der Waals surface area contributed by atoms with Gasteiger partial charge in [-0.15, -0.1) is 0 Å². The van der Waals surface area contributed by atoms with Crippen LogP contribution in [-0.4, -0.2) is 39.4 Å². The topological polar surface area (TPSA) is 95.4 Å². The van der Waals surface area contributed by atoms with E-state index in [-0.39, 0.29) is 6.42 Å². The molecule has 6 heteroatoms. The number of aliphatic hydroxyl groups is 2. The van der Waals surface area contributed by atoms with Crippen LogP contribution in [0.5, 0.6) is 0 Å². The van der Waals surface area contributed by atoms with E-state index in [1.54, 1.807) is 18.3 Å². The first-order chi connectivity index (χ1) is 8.63. The van der Waals surface area contributed by atoms with Crippen molar-refractivity contribution in [2.24, 2.45) is 0 Å². The van der Waals surface area contributed by atoms with Crippen LogP contribution in [0.15, 0.2) is 24.5 Å². The van der Waals surface area contributed by atoms with E-state index in [4.69, 9.17) is 0 Å². The predicted molar refractivity (Wildman–Crippen MR) is 63.7 cm³/mol. The first-order valence-corrected chi connectivity index (χ1v) is 5.48. The third kappa shape index (κ3) is 2.34. The lowest BCUT2D eigenvalue weighted by Gasteiger charge is -2.17. The predicted octanol–water partition coefficient (Wildman–Crippen LogP) is 0.520. The molecule has 2 heterocycles.